The number of hydrogen-bond donors (Lipinski definition) is 2. The van der Waals surface area contributed by atoms with Crippen LogP contribution in [0.25, 0.3) is 0 Å². The molecule has 0 aromatic heterocycles. The van der Waals surface area contributed by atoms with Crippen LogP contribution in [0.2, 0.25) is 5.02 Å². The van der Waals surface area contributed by atoms with Gasteiger partial charge in [-0.2, -0.15) is 0 Å². The molecule has 0 aliphatic heterocycles. The molecule has 21 heavy (non-hydrogen) atoms. The van der Waals surface area contributed by atoms with Gasteiger partial charge in [-0.1, -0.05) is 27.5 Å². The molecule has 0 radical (unpaired) electrons. The van der Waals surface area contributed by atoms with Crippen LogP contribution in [-0.2, 0) is 4.79 Å². The monoisotopic (exact) mass is 369 g/mol. The molecule has 0 aliphatic rings. The lowest BCUT2D eigenvalue weighted by Gasteiger charge is -2.18. The van der Waals surface area contributed by atoms with Gasteiger partial charge in [-0.15, -0.1) is 0 Å². The van der Waals surface area contributed by atoms with Crippen LogP contribution in [0.4, 0.5) is 5.69 Å². The van der Waals surface area contributed by atoms with Crippen molar-refractivity contribution in [1.29, 1.82) is 0 Å². The minimum Gasteiger partial charge on any atom is -0.497 e. The van der Waals surface area contributed by atoms with E-state index < -0.39 is 12.0 Å². The van der Waals surface area contributed by atoms with E-state index in [0.717, 1.165) is 0 Å². The molecule has 0 heterocycles. The van der Waals surface area contributed by atoms with Crippen molar-refractivity contribution >= 4 is 39.2 Å². The Morgan fingerprint density at radius 1 is 1.29 bits per heavy atom. The first-order chi connectivity index (χ1) is 10.0. The van der Waals surface area contributed by atoms with E-state index in [1.165, 1.54) is 0 Å². The molecule has 0 saturated carbocycles. The Balaban J connectivity index is 2.30. The van der Waals surface area contributed by atoms with Crippen LogP contribution < -0.4 is 10.1 Å². The fourth-order valence-corrected chi connectivity index (χ4v) is 2.52. The number of anilines is 1. The lowest BCUT2D eigenvalue weighted by molar-refractivity contribution is -0.138. The summed E-state index contributed by atoms with van der Waals surface area (Å²) in [6.07, 6.45) is 0. The molecule has 6 heteroatoms. The lowest BCUT2D eigenvalue weighted by Crippen LogP contribution is -2.21. The normalized spacial score (nSPS) is 11.8. The number of nitrogens with one attached hydrogen (secondary N) is 1. The molecule has 2 N–H and O–H groups in total. The zero-order valence-corrected chi connectivity index (χ0v) is 13.5. The van der Waals surface area contributed by atoms with Gasteiger partial charge in [0.15, 0.2) is 6.04 Å². The second-order valence-corrected chi connectivity index (χ2v) is 5.60. The van der Waals surface area contributed by atoms with Gasteiger partial charge in [-0.05, 0) is 42.5 Å². The minimum absolute atomic E-state index is 0.482. The van der Waals surface area contributed by atoms with Gasteiger partial charge >= 0.3 is 5.97 Å². The Labute approximate surface area is 135 Å². The van der Waals surface area contributed by atoms with Crippen LogP contribution in [0.15, 0.2) is 46.9 Å². The number of methoxy groups -OCH3 is 1. The number of halogens is 2. The standard InChI is InChI=1S/C15H13BrClNO3/c1-21-11-5-3-10(4-6-11)18-14(15(19)20)12-8-9(17)2-7-13(12)16/h2-8,14,18H,1H3,(H,19,20). The molecule has 0 saturated heterocycles. The molecule has 1 unspecified atom stereocenters. The molecule has 2 aromatic carbocycles. The minimum atomic E-state index is -0.992. The lowest BCUT2D eigenvalue weighted by atomic mass is 10.1. The van der Waals surface area contributed by atoms with Crippen LogP contribution >= 0.6 is 27.5 Å². The molecule has 0 amide bonds. The summed E-state index contributed by atoms with van der Waals surface area (Å²) in [4.78, 5) is 11.5. The first-order valence-corrected chi connectivity index (χ1v) is 7.26. The van der Waals surface area contributed by atoms with Crippen molar-refractivity contribution in [2.75, 3.05) is 12.4 Å². The Morgan fingerprint density at radius 3 is 2.52 bits per heavy atom. The summed E-state index contributed by atoms with van der Waals surface area (Å²) in [6, 6.07) is 11.2. The maximum atomic E-state index is 11.5. The SMILES string of the molecule is COc1ccc(NC(C(=O)O)c2cc(Cl)ccc2Br)cc1. The van der Waals surface area contributed by atoms with Gasteiger partial charge < -0.3 is 15.2 Å². The van der Waals surface area contributed by atoms with Crippen molar-refractivity contribution in [3.8, 4) is 5.75 Å². The van der Waals surface area contributed by atoms with Gasteiger partial charge in [0.25, 0.3) is 0 Å². The number of benzene rings is 2. The predicted molar refractivity (Wildman–Crippen MR) is 86.1 cm³/mol. The maximum absolute atomic E-state index is 11.5. The van der Waals surface area contributed by atoms with E-state index in [9.17, 15) is 9.90 Å². The number of hydrogen-bond acceptors (Lipinski definition) is 3. The summed E-state index contributed by atoms with van der Waals surface area (Å²) in [5.41, 5.74) is 1.24. The average molecular weight is 371 g/mol. The summed E-state index contributed by atoms with van der Waals surface area (Å²) >= 11 is 9.30. The maximum Gasteiger partial charge on any atom is 0.330 e. The summed E-state index contributed by atoms with van der Waals surface area (Å²) in [7, 11) is 1.57. The number of ether oxygens (including phenoxy) is 1. The van der Waals surface area contributed by atoms with Crippen molar-refractivity contribution < 1.29 is 14.6 Å². The largest absolute Gasteiger partial charge is 0.497 e. The molecule has 0 aliphatic carbocycles. The van der Waals surface area contributed by atoms with Gasteiger partial charge in [0, 0.05) is 20.7 Å². The van der Waals surface area contributed by atoms with E-state index in [1.54, 1.807) is 49.6 Å². The van der Waals surface area contributed by atoms with Gasteiger partial charge in [0.2, 0.25) is 0 Å². The van der Waals surface area contributed by atoms with Crippen molar-refractivity contribution in [1.82, 2.24) is 0 Å². The molecular weight excluding hydrogens is 358 g/mol. The number of rotatable bonds is 5. The molecule has 0 spiro atoms. The van der Waals surface area contributed by atoms with Crippen molar-refractivity contribution in [3.63, 3.8) is 0 Å². The summed E-state index contributed by atoms with van der Waals surface area (Å²) in [5, 5.41) is 12.9. The van der Waals surface area contributed by atoms with E-state index in [1.807, 2.05) is 0 Å². The zero-order chi connectivity index (χ0) is 15.4. The van der Waals surface area contributed by atoms with Crippen LogP contribution in [-0.4, -0.2) is 18.2 Å². The molecule has 1 atom stereocenters. The van der Waals surface area contributed by atoms with Crippen LogP contribution in [0.5, 0.6) is 5.75 Å². The number of carboxylic acid groups (broad SMARTS) is 1. The Bertz CT molecular complexity index is 646. The Morgan fingerprint density at radius 2 is 1.95 bits per heavy atom. The smallest absolute Gasteiger partial charge is 0.330 e. The molecule has 2 aromatic rings. The van der Waals surface area contributed by atoms with Crippen LogP contribution in [0, 0.1) is 0 Å². The Hall–Kier alpha value is -1.72. The Kier molecular flexibility index (Phi) is 5.09. The molecule has 4 nitrogen and oxygen atoms in total. The summed E-state index contributed by atoms with van der Waals surface area (Å²) in [6.45, 7) is 0. The highest BCUT2D eigenvalue weighted by Crippen LogP contribution is 2.30. The van der Waals surface area contributed by atoms with E-state index in [4.69, 9.17) is 16.3 Å². The number of carbonyl (C=O) groups is 1. The second-order valence-electron chi connectivity index (χ2n) is 4.31. The highest BCUT2D eigenvalue weighted by atomic mass is 79.9. The second kappa shape index (κ2) is 6.83. The third kappa shape index (κ3) is 3.89. The van der Waals surface area contributed by atoms with Gasteiger partial charge in [0.1, 0.15) is 5.75 Å². The first kappa shape index (κ1) is 15.7. The third-order valence-corrected chi connectivity index (χ3v) is 3.87. The first-order valence-electron chi connectivity index (χ1n) is 6.09. The topological polar surface area (TPSA) is 58.6 Å². The molecule has 110 valence electrons. The molecule has 0 fully saturated rings. The quantitative estimate of drug-likeness (QED) is 0.821. The predicted octanol–water partition coefficient (Wildman–Crippen LogP) is 4.35. The fourth-order valence-electron chi connectivity index (χ4n) is 1.86. The third-order valence-electron chi connectivity index (χ3n) is 2.92. The molecule has 0 bridgehead atoms. The van der Waals surface area contributed by atoms with Gasteiger partial charge in [-0.25, -0.2) is 4.79 Å². The number of aliphatic carboxylic acids is 1. The van der Waals surface area contributed by atoms with Gasteiger partial charge in [-0.3, -0.25) is 0 Å². The average Bonchev–Trinajstić information content (AvgIpc) is 2.48. The van der Waals surface area contributed by atoms with E-state index in [2.05, 4.69) is 21.2 Å². The van der Waals surface area contributed by atoms with Crippen LogP contribution in [0.3, 0.4) is 0 Å². The van der Waals surface area contributed by atoms with Crippen molar-refractivity contribution in [2.45, 2.75) is 6.04 Å². The summed E-state index contributed by atoms with van der Waals surface area (Å²) < 4.78 is 5.75. The fraction of sp³-hybridized carbons (Fsp3) is 0.133. The van der Waals surface area contributed by atoms with Gasteiger partial charge in [0.05, 0.1) is 7.11 Å². The molecule has 2 rings (SSSR count). The zero-order valence-electron chi connectivity index (χ0n) is 11.1. The highest BCUT2D eigenvalue weighted by molar-refractivity contribution is 9.10. The van der Waals surface area contributed by atoms with Crippen molar-refractivity contribution in [2.24, 2.45) is 0 Å². The van der Waals surface area contributed by atoms with Crippen molar-refractivity contribution in [3.05, 3.63) is 57.5 Å². The molecular formula is C15H13BrClNO3. The number of carboxylic acids is 1. The van der Waals surface area contributed by atoms with Crippen LogP contribution in [0.1, 0.15) is 11.6 Å². The van der Waals surface area contributed by atoms with E-state index >= 15 is 0 Å². The van der Waals surface area contributed by atoms with E-state index in [0.29, 0.717) is 26.5 Å². The highest BCUT2D eigenvalue weighted by Gasteiger charge is 2.22. The van der Waals surface area contributed by atoms with E-state index in [-0.39, 0.29) is 0 Å². The summed E-state index contributed by atoms with van der Waals surface area (Å²) in [5.74, 6) is -0.287.